The average Bonchev–Trinajstić information content (AvgIpc) is 2.14. The van der Waals surface area contributed by atoms with Gasteiger partial charge in [0.25, 0.3) is 0 Å². The van der Waals surface area contributed by atoms with Gasteiger partial charge in [0.05, 0.1) is 0 Å². The molecular weight excluding hydrogens is 162 g/mol. The van der Waals surface area contributed by atoms with Crippen LogP contribution in [0.25, 0.3) is 0 Å². The zero-order chi connectivity index (χ0) is 9.68. The van der Waals surface area contributed by atoms with Crippen molar-refractivity contribution < 1.29 is 5.11 Å². The normalized spacial score (nSPS) is 12.8. The molecule has 72 valence electrons. The standard InChI is InChI=1S/C11H17NO/c1-3-9(2)12-8-10-5-4-6-11(13)7-10/h4-7,9,12-13H,3,8H2,1-2H3/t9-/m1/s1. The van der Waals surface area contributed by atoms with E-state index in [0.717, 1.165) is 18.5 Å². The first-order chi connectivity index (χ1) is 6.22. The predicted octanol–water partition coefficient (Wildman–Crippen LogP) is 2.28. The van der Waals surface area contributed by atoms with Crippen LogP contribution in [0.1, 0.15) is 25.8 Å². The number of phenolic OH excluding ortho intramolecular Hbond substituents is 1. The van der Waals surface area contributed by atoms with E-state index in [4.69, 9.17) is 0 Å². The zero-order valence-electron chi connectivity index (χ0n) is 8.25. The highest BCUT2D eigenvalue weighted by Gasteiger charge is 1.98. The van der Waals surface area contributed by atoms with Crippen LogP contribution in [0.15, 0.2) is 24.3 Å². The third-order valence-corrected chi connectivity index (χ3v) is 2.18. The molecule has 2 N–H and O–H groups in total. The summed E-state index contributed by atoms with van der Waals surface area (Å²) in [6.07, 6.45) is 1.12. The number of rotatable bonds is 4. The Hall–Kier alpha value is -1.02. The van der Waals surface area contributed by atoms with Crippen LogP contribution in [0.2, 0.25) is 0 Å². The highest BCUT2D eigenvalue weighted by atomic mass is 16.3. The summed E-state index contributed by atoms with van der Waals surface area (Å²) in [7, 11) is 0. The minimum Gasteiger partial charge on any atom is -0.508 e. The number of aromatic hydroxyl groups is 1. The number of hydrogen-bond donors (Lipinski definition) is 2. The van der Waals surface area contributed by atoms with Crippen molar-refractivity contribution in [2.45, 2.75) is 32.9 Å². The second kappa shape index (κ2) is 4.87. The van der Waals surface area contributed by atoms with Crippen LogP contribution in [0.4, 0.5) is 0 Å². The molecule has 0 bridgehead atoms. The van der Waals surface area contributed by atoms with Crippen LogP contribution in [0.3, 0.4) is 0 Å². The highest BCUT2D eigenvalue weighted by Crippen LogP contribution is 2.10. The van der Waals surface area contributed by atoms with Gasteiger partial charge in [-0.3, -0.25) is 0 Å². The van der Waals surface area contributed by atoms with E-state index in [1.165, 1.54) is 0 Å². The van der Waals surface area contributed by atoms with Gasteiger partial charge in [0, 0.05) is 12.6 Å². The van der Waals surface area contributed by atoms with Crippen molar-refractivity contribution >= 4 is 0 Å². The third kappa shape index (κ3) is 3.47. The van der Waals surface area contributed by atoms with Gasteiger partial charge >= 0.3 is 0 Å². The van der Waals surface area contributed by atoms with Crippen LogP contribution in [0.5, 0.6) is 5.75 Å². The molecule has 2 heteroatoms. The Morgan fingerprint density at radius 3 is 2.85 bits per heavy atom. The molecule has 0 aliphatic heterocycles. The van der Waals surface area contributed by atoms with Gasteiger partial charge in [0.15, 0.2) is 0 Å². The number of benzene rings is 1. The minimum absolute atomic E-state index is 0.337. The van der Waals surface area contributed by atoms with Crippen molar-refractivity contribution in [3.8, 4) is 5.75 Å². The number of nitrogens with one attached hydrogen (secondary N) is 1. The van der Waals surface area contributed by atoms with Gasteiger partial charge in [-0.05, 0) is 31.0 Å². The van der Waals surface area contributed by atoms with Crippen molar-refractivity contribution in [1.29, 1.82) is 0 Å². The molecule has 1 aromatic carbocycles. The molecule has 0 saturated heterocycles. The van der Waals surface area contributed by atoms with Gasteiger partial charge in [-0.15, -0.1) is 0 Å². The van der Waals surface area contributed by atoms with E-state index >= 15 is 0 Å². The Labute approximate surface area is 79.6 Å². The summed E-state index contributed by atoms with van der Waals surface area (Å²) in [5.74, 6) is 0.337. The molecule has 0 saturated carbocycles. The lowest BCUT2D eigenvalue weighted by atomic mass is 10.2. The van der Waals surface area contributed by atoms with Gasteiger partial charge in [-0.1, -0.05) is 19.1 Å². The van der Waals surface area contributed by atoms with Crippen molar-refractivity contribution in [3.05, 3.63) is 29.8 Å². The number of hydrogen-bond acceptors (Lipinski definition) is 2. The largest absolute Gasteiger partial charge is 0.508 e. The zero-order valence-corrected chi connectivity index (χ0v) is 8.25. The SMILES string of the molecule is CC[C@@H](C)NCc1cccc(O)c1. The van der Waals surface area contributed by atoms with Crippen LogP contribution in [0, 0.1) is 0 Å². The summed E-state index contributed by atoms with van der Waals surface area (Å²) < 4.78 is 0. The van der Waals surface area contributed by atoms with Crippen LogP contribution in [-0.2, 0) is 6.54 Å². The van der Waals surface area contributed by atoms with Crippen LogP contribution >= 0.6 is 0 Å². The maximum atomic E-state index is 9.21. The lowest BCUT2D eigenvalue weighted by Gasteiger charge is -2.10. The molecule has 2 nitrogen and oxygen atoms in total. The Morgan fingerprint density at radius 2 is 2.23 bits per heavy atom. The summed E-state index contributed by atoms with van der Waals surface area (Å²) in [6.45, 7) is 5.13. The third-order valence-electron chi connectivity index (χ3n) is 2.18. The molecule has 0 aliphatic carbocycles. The van der Waals surface area contributed by atoms with E-state index in [9.17, 15) is 5.11 Å². The predicted molar refractivity (Wildman–Crippen MR) is 54.7 cm³/mol. The van der Waals surface area contributed by atoms with E-state index in [-0.39, 0.29) is 0 Å². The van der Waals surface area contributed by atoms with Gasteiger partial charge in [-0.25, -0.2) is 0 Å². The van der Waals surface area contributed by atoms with E-state index < -0.39 is 0 Å². The lowest BCUT2D eigenvalue weighted by Crippen LogP contribution is -2.24. The van der Waals surface area contributed by atoms with E-state index in [0.29, 0.717) is 11.8 Å². The molecule has 0 aliphatic rings. The molecule has 0 fully saturated rings. The summed E-state index contributed by atoms with van der Waals surface area (Å²) in [6, 6.07) is 7.88. The van der Waals surface area contributed by atoms with Gasteiger partial charge in [-0.2, -0.15) is 0 Å². The first-order valence-electron chi connectivity index (χ1n) is 4.73. The molecule has 1 rings (SSSR count). The fraction of sp³-hybridized carbons (Fsp3) is 0.455. The summed E-state index contributed by atoms with van der Waals surface area (Å²) in [5.41, 5.74) is 1.13. The summed E-state index contributed by atoms with van der Waals surface area (Å²) in [5, 5.41) is 12.6. The van der Waals surface area contributed by atoms with E-state index in [1.807, 2.05) is 12.1 Å². The fourth-order valence-electron chi connectivity index (χ4n) is 1.10. The van der Waals surface area contributed by atoms with Gasteiger partial charge in [0.1, 0.15) is 5.75 Å². The Kier molecular flexibility index (Phi) is 3.77. The molecule has 0 radical (unpaired) electrons. The molecule has 1 atom stereocenters. The highest BCUT2D eigenvalue weighted by molar-refractivity contribution is 5.26. The first kappa shape index (κ1) is 10.1. The second-order valence-electron chi connectivity index (χ2n) is 3.36. The molecule has 13 heavy (non-hydrogen) atoms. The monoisotopic (exact) mass is 179 g/mol. The quantitative estimate of drug-likeness (QED) is 0.743. The topological polar surface area (TPSA) is 32.3 Å². The molecule has 1 aromatic rings. The molecule has 0 heterocycles. The van der Waals surface area contributed by atoms with E-state index in [1.54, 1.807) is 12.1 Å². The summed E-state index contributed by atoms with van der Waals surface area (Å²) >= 11 is 0. The van der Waals surface area contributed by atoms with Crippen molar-refractivity contribution in [2.24, 2.45) is 0 Å². The van der Waals surface area contributed by atoms with Crippen molar-refractivity contribution in [1.82, 2.24) is 5.32 Å². The molecule has 0 amide bonds. The van der Waals surface area contributed by atoms with Crippen LogP contribution in [-0.4, -0.2) is 11.1 Å². The maximum Gasteiger partial charge on any atom is 0.115 e. The summed E-state index contributed by atoms with van der Waals surface area (Å²) in [4.78, 5) is 0. The molecule has 0 unspecified atom stereocenters. The van der Waals surface area contributed by atoms with Gasteiger partial charge < -0.3 is 10.4 Å². The maximum absolute atomic E-state index is 9.21. The Balaban J connectivity index is 2.45. The average molecular weight is 179 g/mol. The van der Waals surface area contributed by atoms with Crippen LogP contribution < -0.4 is 5.32 Å². The van der Waals surface area contributed by atoms with E-state index in [2.05, 4.69) is 19.2 Å². The Bertz CT molecular complexity index is 260. The second-order valence-corrected chi connectivity index (χ2v) is 3.36. The number of phenols is 1. The molecule has 0 aromatic heterocycles. The van der Waals surface area contributed by atoms with Crippen molar-refractivity contribution in [3.63, 3.8) is 0 Å². The smallest absolute Gasteiger partial charge is 0.115 e. The first-order valence-corrected chi connectivity index (χ1v) is 4.73. The van der Waals surface area contributed by atoms with Gasteiger partial charge in [0.2, 0.25) is 0 Å². The molecular formula is C11H17NO. The minimum atomic E-state index is 0.337. The van der Waals surface area contributed by atoms with Crippen molar-refractivity contribution in [2.75, 3.05) is 0 Å². The molecule has 0 spiro atoms. The lowest BCUT2D eigenvalue weighted by molar-refractivity contribution is 0.473. The fourth-order valence-corrected chi connectivity index (χ4v) is 1.10. The Morgan fingerprint density at radius 1 is 1.46 bits per heavy atom.